The second-order valence-corrected chi connectivity index (χ2v) is 5.21. The summed E-state index contributed by atoms with van der Waals surface area (Å²) in [6.07, 6.45) is 0. The highest BCUT2D eigenvalue weighted by Crippen LogP contribution is 2.25. The van der Waals surface area contributed by atoms with E-state index < -0.39 is 11.8 Å². The number of rotatable bonds is 5. The topological polar surface area (TPSA) is 43.4 Å². The normalized spacial score (nSPS) is 10.9. The van der Waals surface area contributed by atoms with Crippen molar-refractivity contribution in [2.24, 2.45) is 0 Å². The van der Waals surface area contributed by atoms with Gasteiger partial charge in [-0.1, -0.05) is 45.9 Å². The van der Waals surface area contributed by atoms with Crippen LogP contribution in [0.25, 0.3) is 0 Å². The fraction of sp³-hybridized carbons (Fsp3) is 0.500. The van der Waals surface area contributed by atoms with Crippen LogP contribution in [0.3, 0.4) is 0 Å². The molecule has 19 heavy (non-hydrogen) atoms. The molecule has 0 N–H and O–H groups in total. The van der Waals surface area contributed by atoms with Crippen molar-refractivity contribution in [1.29, 1.82) is 0 Å². The molecule has 3 heteroatoms. The van der Waals surface area contributed by atoms with Crippen LogP contribution >= 0.6 is 0 Å². The molecular formula is C16H22O3. The molecule has 3 nitrogen and oxygen atoms in total. The van der Waals surface area contributed by atoms with Crippen molar-refractivity contribution in [2.75, 3.05) is 6.61 Å². The van der Waals surface area contributed by atoms with Crippen molar-refractivity contribution >= 4 is 11.8 Å². The summed E-state index contributed by atoms with van der Waals surface area (Å²) in [6, 6.07) is 5.66. The smallest absolute Gasteiger partial charge is 0.379 e. The van der Waals surface area contributed by atoms with Gasteiger partial charge in [-0.25, -0.2) is 4.79 Å². The van der Waals surface area contributed by atoms with Crippen LogP contribution < -0.4 is 0 Å². The zero-order chi connectivity index (χ0) is 14.6. The molecular weight excluding hydrogens is 240 g/mol. The number of ketones is 1. The van der Waals surface area contributed by atoms with Crippen molar-refractivity contribution in [3.05, 3.63) is 34.9 Å². The molecule has 1 aromatic rings. The summed E-state index contributed by atoms with van der Waals surface area (Å²) in [5.41, 5.74) is 2.53. The lowest BCUT2D eigenvalue weighted by Crippen LogP contribution is -2.19. The van der Waals surface area contributed by atoms with Crippen LogP contribution in [0, 0.1) is 0 Å². The van der Waals surface area contributed by atoms with Crippen LogP contribution in [0.2, 0.25) is 0 Å². The molecule has 0 fully saturated rings. The van der Waals surface area contributed by atoms with E-state index in [4.69, 9.17) is 4.74 Å². The minimum Gasteiger partial charge on any atom is -0.460 e. The summed E-state index contributed by atoms with van der Waals surface area (Å²) in [7, 11) is 0. The van der Waals surface area contributed by atoms with Crippen molar-refractivity contribution in [3.8, 4) is 0 Å². The maximum Gasteiger partial charge on any atom is 0.379 e. The fourth-order valence-electron chi connectivity index (χ4n) is 1.93. The summed E-state index contributed by atoms with van der Waals surface area (Å²) in [6.45, 7) is 10.1. The first-order valence-electron chi connectivity index (χ1n) is 6.73. The Morgan fingerprint density at radius 3 is 2.21 bits per heavy atom. The first-order chi connectivity index (χ1) is 8.88. The Kier molecular flexibility index (Phi) is 5.28. The second kappa shape index (κ2) is 6.50. The Morgan fingerprint density at radius 2 is 1.74 bits per heavy atom. The monoisotopic (exact) mass is 262 g/mol. The van der Waals surface area contributed by atoms with Gasteiger partial charge in [0.1, 0.15) is 0 Å². The minimum absolute atomic E-state index is 0.187. The van der Waals surface area contributed by atoms with E-state index in [1.807, 2.05) is 26.0 Å². The van der Waals surface area contributed by atoms with Crippen LogP contribution in [-0.4, -0.2) is 18.4 Å². The van der Waals surface area contributed by atoms with Crippen LogP contribution in [0.15, 0.2) is 18.2 Å². The van der Waals surface area contributed by atoms with Gasteiger partial charge in [0, 0.05) is 5.56 Å². The van der Waals surface area contributed by atoms with Gasteiger partial charge in [0.2, 0.25) is 0 Å². The van der Waals surface area contributed by atoms with E-state index in [2.05, 4.69) is 13.8 Å². The van der Waals surface area contributed by atoms with Gasteiger partial charge in [0.05, 0.1) is 6.61 Å². The third-order valence-corrected chi connectivity index (χ3v) is 3.07. The van der Waals surface area contributed by atoms with Crippen LogP contribution in [-0.2, 0) is 9.53 Å². The molecule has 0 bridgehead atoms. The Hall–Kier alpha value is -1.64. The quantitative estimate of drug-likeness (QED) is 0.462. The number of hydrogen-bond acceptors (Lipinski definition) is 3. The SMILES string of the molecule is CCOC(=O)C(=O)c1ccc(C(C)C)cc1C(C)C. The molecule has 0 amide bonds. The molecule has 0 heterocycles. The van der Waals surface area contributed by atoms with Crippen LogP contribution in [0.1, 0.15) is 67.9 Å². The predicted molar refractivity (Wildman–Crippen MR) is 75.6 cm³/mol. The first kappa shape index (κ1) is 15.4. The van der Waals surface area contributed by atoms with E-state index in [1.54, 1.807) is 13.0 Å². The molecule has 0 saturated heterocycles. The van der Waals surface area contributed by atoms with E-state index in [0.29, 0.717) is 11.5 Å². The average Bonchev–Trinajstić information content (AvgIpc) is 2.37. The molecule has 1 aromatic carbocycles. The lowest BCUT2D eigenvalue weighted by Gasteiger charge is -2.15. The van der Waals surface area contributed by atoms with Crippen molar-refractivity contribution in [1.82, 2.24) is 0 Å². The summed E-state index contributed by atoms with van der Waals surface area (Å²) < 4.78 is 4.78. The molecule has 104 valence electrons. The minimum atomic E-state index is -0.776. The van der Waals surface area contributed by atoms with E-state index >= 15 is 0 Å². The molecule has 0 atom stereocenters. The van der Waals surface area contributed by atoms with Crippen LogP contribution in [0.5, 0.6) is 0 Å². The van der Waals surface area contributed by atoms with Gasteiger partial charge in [0.15, 0.2) is 0 Å². The lowest BCUT2D eigenvalue weighted by molar-refractivity contribution is -0.137. The standard InChI is InChI=1S/C16H22O3/c1-6-19-16(18)15(17)13-8-7-12(10(2)3)9-14(13)11(4)5/h7-11H,6H2,1-5H3. The molecule has 0 aliphatic carbocycles. The number of carbonyl (C=O) groups is 2. The fourth-order valence-corrected chi connectivity index (χ4v) is 1.93. The molecule has 0 saturated carbocycles. The highest BCUT2D eigenvalue weighted by Gasteiger charge is 2.22. The molecule has 0 spiro atoms. The maximum absolute atomic E-state index is 12.1. The first-order valence-corrected chi connectivity index (χ1v) is 6.73. The Bertz CT molecular complexity index is 473. The van der Waals surface area contributed by atoms with Gasteiger partial charge in [-0.05, 0) is 29.9 Å². The summed E-state index contributed by atoms with van der Waals surface area (Å²) >= 11 is 0. The molecule has 0 aromatic heterocycles. The molecule has 0 aliphatic rings. The van der Waals surface area contributed by atoms with Crippen molar-refractivity contribution in [3.63, 3.8) is 0 Å². The van der Waals surface area contributed by atoms with E-state index in [1.165, 1.54) is 5.56 Å². The van der Waals surface area contributed by atoms with E-state index in [-0.39, 0.29) is 12.5 Å². The number of ether oxygens (including phenoxy) is 1. The molecule has 0 radical (unpaired) electrons. The van der Waals surface area contributed by atoms with Gasteiger partial charge in [-0.3, -0.25) is 4.79 Å². The summed E-state index contributed by atoms with van der Waals surface area (Å²) in [4.78, 5) is 23.6. The number of benzene rings is 1. The third kappa shape index (κ3) is 3.66. The lowest BCUT2D eigenvalue weighted by atomic mass is 9.90. The largest absolute Gasteiger partial charge is 0.460 e. The summed E-state index contributed by atoms with van der Waals surface area (Å²) in [5.74, 6) is -0.751. The van der Waals surface area contributed by atoms with E-state index in [0.717, 1.165) is 5.56 Å². The second-order valence-electron chi connectivity index (χ2n) is 5.21. The van der Waals surface area contributed by atoms with E-state index in [9.17, 15) is 9.59 Å². The molecule has 0 aliphatic heterocycles. The predicted octanol–water partition coefficient (Wildman–Crippen LogP) is 3.68. The zero-order valence-corrected chi connectivity index (χ0v) is 12.3. The highest BCUT2D eigenvalue weighted by molar-refractivity contribution is 6.41. The van der Waals surface area contributed by atoms with Gasteiger partial charge in [-0.15, -0.1) is 0 Å². The summed E-state index contributed by atoms with van der Waals surface area (Å²) in [5, 5.41) is 0. The van der Waals surface area contributed by atoms with Crippen molar-refractivity contribution < 1.29 is 14.3 Å². The third-order valence-electron chi connectivity index (χ3n) is 3.07. The van der Waals surface area contributed by atoms with Gasteiger partial charge < -0.3 is 4.74 Å². The molecule has 0 unspecified atom stereocenters. The maximum atomic E-state index is 12.1. The average molecular weight is 262 g/mol. The van der Waals surface area contributed by atoms with Crippen molar-refractivity contribution in [2.45, 2.75) is 46.5 Å². The number of hydrogen-bond donors (Lipinski definition) is 0. The molecule has 1 rings (SSSR count). The van der Waals surface area contributed by atoms with Gasteiger partial charge in [-0.2, -0.15) is 0 Å². The zero-order valence-electron chi connectivity index (χ0n) is 12.3. The Labute approximate surface area is 115 Å². The number of Topliss-reactive ketones (excluding diaryl/α,β-unsaturated/α-hetero) is 1. The highest BCUT2D eigenvalue weighted by atomic mass is 16.5. The van der Waals surface area contributed by atoms with Crippen LogP contribution in [0.4, 0.5) is 0 Å². The Morgan fingerprint density at radius 1 is 1.11 bits per heavy atom. The van der Waals surface area contributed by atoms with Gasteiger partial charge in [0.25, 0.3) is 5.78 Å². The number of carbonyl (C=O) groups excluding carboxylic acids is 2. The Balaban J connectivity index is 3.20. The van der Waals surface area contributed by atoms with Gasteiger partial charge >= 0.3 is 5.97 Å². The number of esters is 1.